The molecule has 1 atom stereocenters. The van der Waals surface area contributed by atoms with Gasteiger partial charge >= 0.3 is 0 Å². The third-order valence-electron chi connectivity index (χ3n) is 4.46. The zero-order chi connectivity index (χ0) is 15.3. The Bertz CT molecular complexity index is 452. The number of nitrogens with zero attached hydrogens (tertiary/aromatic N) is 1. The highest BCUT2D eigenvalue weighted by atomic mass is 16.2. The summed E-state index contributed by atoms with van der Waals surface area (Å²) in [5.41, 5.74) is 1.15. The number of nitrogens with one attached hydrogen (secondary N) is 2. The Balaban J connectivity index is 1.78. The molecule has 1 aliphatic heterocycles. The fourth-order valence-electron chi connectivity index (χ4n) is 2.60. The summed E-state index contributed by atoms with van der Waals surface area (Å²) >= 11 is 0. The standard InChI is InChI=1S/C17H27N3O/c1-14(16(21)19-15-7-5-4-6-8-15)18-13-17(2)9-11-20(3)12-10-17/h4-8,14,18H,9-13H2,1-3H3,(H,19,21). The van der Waals surface area contributed by atoms with Crippen molar-refractivity contribution in [3.8, 4) is 0 Å². The summed E-state index contributed by atoms with van der Waals surface area (Å²) in [4.78, 5) is 14.5. The molecular formula is C17H27N3O. The van der Waals surface area contributed by atoms with E-state index in [4.69, 9.17) is 0 Å². The van der Waals surface area contributed by atoms with Crippen LogP contribution in [0.25, 0.3) is 0 Å². The number of carbonyl (C=O) groups excluding carboxylic acids is 1. The van der Waals surface area contributed by atoms with E-state index in [0.717, 1.165) is 25.3 Å². The molecule has 1 aliphatic rings. The molecule has 116 valence electrons. The first-order chi connectivity index (χ1) is 9.98. The van der Waals surface area contributed by atoms with Crippen LogP contribution in [-0.4, -0.2) is 43.5 Å². The van der Waals surface area contributed by atoms with E-state index < -0.39 is 0 Å². The molecule has 0 saturated carbocycles. The molecule has 1 aromatic carbocycles. The summed E-state index contributed by atoms with van der Waals surface area (Å²) in [6.07, 6.45) is 2.37. The first-order valence-electron chi connectivity index (χ1n) is 7.76. The predicted octanol–water partition coefficient (Wildman–Crippen LogP) is 2.34. The summed E-state index contributed by atoms with van der Waals surface area (Å²) in [5.74, 6) is 0.0257. The highest BCUT2D eigenvalue weighted by molar-refractivity contribution is 5.94. The molecule has 0 aliphatic carbocycles. The van der Waals surface area contributed by atoms with E-state index in [1.807, 2.05) is 37.3 Å². The van der Waals surface area contributed by atoms with E-state index in [0.29, 0.717) is 5.41 Å². The van der Waals surface area contributed by atoms with Crippen LogP contribution in [-0.2, 0) is 4.79 Å². The molecule has 1 heterocycles. The van der Waals surface area contributed by atoms with Gasteiger partial charge in [0.25, 0.3) is 0 Å². The van der Waals surface area contributed by atoms with Crippen LogP contribution in [0, 0.1) is 5.41 Å². The minimum absolute atomic E-state index is 0.0257. The lowest BCUT2D eigenvalue weighted by Crippen LogP contribution is -2.47. The maximum Gasteiger partial charge on any atom is 0.241 e. The smallest absolute Gasteiger partial charge is 0.241 e. The molecule has 1 unspecified atom stereocenters. The second-order valence-electron chi connectivity index (χ2n) is 6.57. The van der Waals surface area contributed by atoms with Crippen LogP contribution in [0.4, 0.5) is 5.69 Å². The number of piperidine rings is 1. The summed E-state index contributed by atoms with van der Waals surface area (Å²) < 4.78 is 0. The van der Waals surface area contributed by atoms with E-state index in [-0.39, 0.29) is 11.9 Å². The molecule has 1 amide bonds. The Morgan fingerprint density at radius 1 is 1.29 bits per heavy atom. The number of hydrogen-bond acceptors (Lipinski definition) is 3. The molecular weight excluding hydrogens is 262 g/mol. The van der Waals surface area contributed by atoms with Gasteiger partial charge in [0, 0.05) is 12.2 Å². The summed E-state index contributed by atoms with van der Waals surface area (Å²) in [6, 6.07) is 9.42. The lowest BCUT2D eigenvalue weighted by atomic mass is 9.80. The normalized spacial score (nSPS) is 20.0. The molecule has 0 aromatic heterocycles. The summed E-state index contributed by atoms with van der Waals surface area (Å²) in [6.45, 7) is 7.42. The number of amides is 1. The van der Waals surface area contributed by atoms with Crippen molar-refractivity contribution in [2.24, 2.45) is 5.41 Å². The lowest BCUT2D eigenvalue weighted by Gasteiger charge is -2.38. The average Bonchev–Trinajstić information content (AvgIpc) is 2.49. The van der Waals surface area contributed by atoms with Gasteiger partial charge in [-0.3, -0.25) is 4.79 Å². The minimum Gasteiger partial charge on any atom is -0.325 e. The zero-order valence-corrected chi connectivity index (χ0v) is 13.4. The first kappa shape index (κ1) is 16.0. The van der Waals surface area contributed by atoms with Crippen molar-refractivity contribution in [1.82, 2.24) is 10.2 Å². The van der Waals surface area contributed by atoms with Crippen LogP contribution < -0.4 is 10.6 Å². The molecule has 1 aromatic rings. The number of para-hydroxylation sites is 1. The average molecular weight is 289 g/mol. The fourth-order valence-corrected chi connectivity index (χ4v) is 2.60. The van der Waals surface area contributed by atoms with Gasteiger partial charge in [-0.15, -0.1) is 0 Å². The Kier molecular flexibility index (Phi) is 5.37. The largest absolute Gasteiger partial charge is 0.325 e. The third-order valence-corrected chi connectivity index (χ3v) is 4.46. The van der Waals surface area contributed by atoms with Gasteiger partial charge < -0.3 is 15.5 Å². The van der Waals surface area contributed by atoms with Gasteiger partial charge in [0.2, 0.25) is 5.91 Å². The maximum absolute atomic E-state index is 12.2. The molecule has 0 radical (unpaired) electrons. The molecule has 0 bridgehead atoms. The number of benzene rings is 1. The number of hydrogen-bond donors (Lipinski definition) is 2. The van der Waals surface area contributed by atoms with Crippen LogP contribution in [0.2, 0.25) is 0 Å². The van der Waals surface area contributed by atoms with Crippen molar-refractivity contribution >= 4 is 11.6 Å². The molecule has 4 heteroatoms. The second kappa shape index (κ2) is 7.05. The first-order valence-corrected chi connectivity index (χ1v) is 7.76. The number of likely N-dealkylation sites (tertiary alicyclic amines) is 1. The zero-order valence-electron chi connectivity index (χ0n) is 13.4. The molecule has 2 N–H and O–H groups in total. The van der Waals surface area contributed by atoms with Gasteiger partial charge in [-0.25, -0.2) is 0 Å². The molecule has 0 spiro atoms. The van der Waals surface area contributed by atoms with Crippen molar-refractivity contribution in [2.45, 2.75) is 32.7 Å². The van der Waals surface area contributed by atoms with E-state index in [2.05, 4.69) is 29.5 Å². The minimum atomic E-state index is -0.179. The van der Waals surface area contributed by atoms with E-state index in [9.17, 15) is 4.79 Å². The Hall–Kier alpha value is -1.39. The van der Waals surface area contributed by atoms with Crippen LogP contribution in [0.15, 0.2) is 30.3 Å². The molecule has 21 heavy (non-hydrogen) atoms. The lowest BCUT2D eigenvalue weighted by molar-refractivity contribution is -0.117. The van der Waals surface area contributed by atoms with Crippen molar-refractivity contribution in [1.29, 1.82) is 0 Å². The van der Waals surface area contributed by atoms with Crippen molar-refractivity contribution < 1.29 is 4.79 Å². The SMILES string of the molecule is CC(NCC1(C)CCN(C)CC1)C(=O)Nc1ccccc1. The highest BCUT2D eigenvalue weighted by Gasteiger charge is 2.29. The third kappa shape index (κ3) is 4.83. The van der Waals surface area contributed by atoms with Crippen LogP contribution in [0.1, 0.15) is 26.7 Å². The molecule has 1 fully saturated rings. The van der Waals surface area contributed by atoms with E-state index in [1.165, 1.54) is 12.8 Å². The van der Waals surface area contributed by atoms with E-state index in [1.54, 1.807) is 0 Å². The number of rotatable bonds is 5. The van der Waals surface area contributed by atoms with Crippen molar-refractivity contribution in [2.75, 3.05) is 32.0 Å². The van der Waals surface area contributed by atoms with Crippen LogP contribution in [0.5, 0.6) is 0 Å². The Morgan fingerprint density at radius 2 is 1.90 bits per heavy atom. The van der Waals surface area contributed by atoms with Crippen LogP contribution in [0.3, 0.4) is 0 Å². The Morgan fingerprint density at radius 3 is 2.52 bits per heavy atom. The second-order valence-corrected chi connectivity index (χ2v) is 6.57. The summed E-state index contributed by atoms with van der Waals surface area (Å²) in [5, 5.41) is 6.34. The molecule has 4 nitrogen and oxygen atoms in total. The molecule has 1 saturated heterocycles. The quantitative estimate of drug-likeness (QED) is 0.874. The van der Waals surface area contributed by atoms with Crippen LogP contribution >= 0.6 is 0 Å². The highest BCUT2D eigenvalue weighted by Crippen LogP contribution is 2.29. The van der Waals surface area contributed by atoms with Gasteiger partial charge in [0.15, 0.2) is 0 Å². The summed E-state index contributed by atoms with van der Waals surface area (Å²) in [7, 11) is 2.17. The number of anilines is 1. The topological polar surface area (TPSA) is 44.4 Å². The van der Waals surface area contributed by atoms with Gasteiger partial charge in [0.05, 0.1) is 6.04 Å². The van der Waals surface area contributed by atoms with Crippen molar-refractivity contribution in [3.63, 3.8) is 0 Å². The fraction of sp³-hybridized carbons (Fsp3) is 0.588. The van der Waals surface area contributed by atoms with Gasteiger partial charge in [0.1, 0.15) is 0 Å². The van der Waals surface area contributed by atoms with Gasteiger partial charge in [-0.05, 0) is 57.5 Å². The predicted molar refractivity (Wildman–Crippen MR) is 87.4 cm³/mol. The molecule has 2 rings (SSSR count). The monoisotopic (exact) mass is 289 g/mol. The van der Waals surface area contributed by atoms with E-state index >= 15 is 0 Å². The Labute approximate surface area is 127 Å². The van der Waals surface area contributed by atoms with Gasteiger partial charge in [-0.1, -0.05) is 25.1 Å². The van der Waals surface area contributed by atoms with Crippen molar-refractivity contribution in [3.05, 3.63) is 30.3 Å². The maximum atomic E-state index is 12.2. The number of carbonyl (C=O) groups is 1. The van der Waals surface area contributed by atoms with Gasteiger partial charge in [-0.2, -0.15) is 0 Å².